The number of aromatic amines is 1. The summed E-state index contributed by atoms with van der Waals surface area (Å²) in [5.41, 5.74) is 6.82. The number of fused-ring (bicyclic) bond motifs is 2. The third-order valence-corrected chi connectivity index (χ3v) is 8.35. The highest BCUT2D eigenvalue weighted by atomic mass is 35.5. The molecule has 1 saturated heterocycles. The molecule has 2 aromatic heterocycles. The van der Waals surface area contributed by atoms with Gasteiger partial charge in [0.25, 0.3) is 0 Å². The first-order chi connectivity index (χ1) is 20.5. The van der Waals surface area contributed by atoms with Crippen LogP contribution < -0.4 is 10.6 Å². The molecule has 2 aliphatic rings. The van der Waals surface area contributed by atoms with Crippen LogP contribution in [-0.4, -0.2) is 44.6 Å². The zero-order chi connectivity index (χ0) is 28.8. The molecule has 0 unspecified atom stereocenters. The predicted octanol–water partition coefficient (Wildman–Crippen LogP) is 6.33. The molecule has 3 N–H and O–H groups in total. The monoisotopic (exact) mass is 600 g/mol. The lowest BCUT2D eigenvalue weighted by Gasteiger charge is -2.34. The SMILES string of the molecule is N#Cc1cnc2c(Cl)cc(N[C@H](c3c[nH]nn3)c3cccc4c3CN(C3COC3)C4)cc2c1Nc1ccc(F)c(Cl)c1. The molecule has 210 valence electrons. The lowest BCUT2D eigenvalue weighted by molar-refractivity contribution is -0.0670. The second-order valence-electron chi connectivity index (χ2n) is 10.3. The van der Waals surface area contributed by atoms with Crippen LogP contribution in [0.15, 0.2) is 60.9 Å². The lowest BCUT2D eigenvalue weighted by atomic mass is 9.95. The minimum Gasteiger partial charge on any atom is -0.378 e. The molecule has 5 aromatic rings. The molecular formula is C30H23Cl2FN8O. The fourth-order valence-corrected chi connectivity index (χ4v) is 5.99. The summed E-state index contributed by atoms with van der Waals surface area (Å²) in [6.45, 7) is 3.19. The second-order valence-corrected chi connectivity index (χ2v) is 11.1. The molecule has 0 radical (unpaired) electrons. The van der Waals surface area contributed by atoms with Crippen molar-refractivity contribution in [2.75, 3.05) is 23.8 Å². The van der Waals surface area contributed by atoms with Crippen LogP contribution in [0, 0.1) is 17.1 Å². The number of H-pyrrole nitrogens is 1. The second kappa shape index (κ2) is 10.9. The first-order valence-electron chi connectivity index (χ1n) is 13.3. The Bertz CT molecular complexity index is 1860. The van der Waals surface area contributed by atoms with E-state index in [9.17, 15) is 9.65 Å². The van der Waals surface area contributed by atoms with Crippen molar-refractivity contribution >= 4 is 51.2 Å². The van der Waals surface area contributed by atoms with Gasteiger partial charge in [-0.15, -0.1) is 5.10 Å². The summed E-state index contributed by atoms with van der Waals surface area (Å²) in [6.07, 6.45) is 3.23. The molecule has 0 spiro atoms. The number of anilines is 3. The maximum atomic E-state index is 13.8. The molecule has 42 heavy (non-hydrogen) atoms. The molecule has 2 aliphatic heterocycles. The van der Waals surface area contributed by atoms with Crippen LogP contribution in [0.1, 0.15) is 34.0 Å². The number of rotatable bonds is 7. The van der Waals surface area contributed by atoms with Crippen LogP contribution in [0.25, 0.3) is 10.9 Å². The standard InChI is InChI=1S/C30H23Cl2FN8O/c31-24-7-18(4-5-26(24)33)37-28-17(9-34)10-35-29-22(28)6-19(8-25(29)32)38-30(27-11-36-40-39-27)21-3-1-2-16-12-41(13-23(16)21)20-14-42-15-20/h1-8,10-11,20,30,38H,12-15H2,(H,35,37)(H,36,39,40)/t30-/m0/s1. The largest absolute Gasteiger partial charge is 0.378 e. The lowest BCUT2D eigenvalue weighted by Crippen LogP contribution is -2.46. The molecule has 0 bridgehead atoms. The highest BCUT2D eigenvalue weighted by molar-refractivity contribution is 6.36. The number of nitrogens with zero attached hydrogens (tertiary/aromatic N) is 5. The van der Waals surface area contributed by atoms with E-state index in [1.165, 1.54) is 29.5 Å². The van der Waals surface area contributed by atoms with Gasteiger partial charge in [0.15, 0.2) is 0 Å². The van der Waals surface area contributed by atoms with Gasteiger partial charge in [0.1, 0.15) is 17.6 Å². The summed E-state index contributed by atoms with van der Waals surface area (Å²) in [5, 5.41) is 28.9. The summed E-state index contributed by atoms with van der Waals surface area (Å²) >= 11 is 12.8. The quantitative estimate of drug-likeness (QED) is 0.198. The van der Waals surface area contributed by atoms with Crippen molar-refractivity contribution in [3.05, 3.63) is 105 Å². The van der Waals surface area contributed by atoms with Gasteiger partial charge < -0.3 is 15.4 Å². The Hall–Kier alpha value is -4.27. The number of hydrogen-bond acceptors (Lipinski definition) is 8. The highest BCUT2D eigenvalue weighted by Crippen LogP contribution is 2.39. The molecule has 0 saturated carbocycles. The van der Waals surface area contributed by atoms with Crippen molar-refractivity contribution in [1.29, 1.82) is 5.26 Å². The zero-order valence-electron chi connectivity index (χ0n) is 22.0. The van der Waals surface area contributed by atoms with Crippen LogP contribution >= 0.6 is 23.2 Å². The fraction of sp³-hybridized carbons (Fsp3) is 0.200. The number of pyridine rings is 1. The first-order valence-corrected chi connectivity index (χ1v) is 14.0. The third kappa shape index (κ3) is 4.80. The van der Waals surface area contributed by atoms with Crippen LogP contribution in [0.2, 0.25) is 10.0 Å². The molecule has 12 heteroatoms. The number of nitriles is 1. The topological polar surface area (TPSA) is 115 Å². The van der Waals surface area contributed by atoms with Crippen molar-refractivity contribution in [3.8, 4) is 6.07 Å². The Kier molecular flexibility index (Phi) is 6.88. The van der Waals surface area contributed by atoms with E-state index in [1.54, 1.807) is 18.3 Å². The Morgan fingerprint density at radius 2 is 1.95 bits per heavy atom. The molecule has 3 aromatic carbocycles. The number of benzene rings is 3. The van der Waals surface area contributed by atoms with Gasteiger partial charge in [-0.25, -0.2) is 4.39 Å². The normalized spacial score (nSPS) is 15.7. The Morgan fingerprint density at radius 1 is 1.10 bits per heavy atom. The van der Waals surface area contributed by atoms with Crippen LogP contribution in [-0.2, 0) is 17.8 Å². The van der Waals surface area contributed by atoms with Gasteiger partial charge in [0, 0.05) is 42.2 Å². The molecule has 1 fully saturated rings. The maximum absolute atomic E-state index is 13.8. The van der Waals surface area contributed by atoms with E-state index in [4.69, 9.17) is 27.9 Å². The Labute approximate surface area is 250 Å². The molecule has 0 aliphatic carbocycles. The van der Waals surface area contributed by atoms with Crippen LogP contribution in [0.3, 0.4) is 0 Å². The molecule has 0 amide bonds. The molecule has 9 nitrogen and oxygen atoms in total. The molecular weight excluding hydrogens is 578 g/mol. The summed E-state index contributed by atoms with van der Waals surface area (Å²) in [6, 6.07) is 16.6. The van der Waals surface area contributed by atoms with E-state index >= 15 is 0 Å². The fourth-order valence-electron chi connectivity index (χ4n) is 5.55. The van der Waals surface area contributed by atoms with Gasteiger partial charge in [-0.3, -0.25) is 15.0 Å². The Balaban J connectivity index is 1.30. The molecule has 7 rings (SSSR count). The average Bonchev–Trinajstić information content (AvgIpc) is 3.64. The van der Waals surface area contributed by atoms with Crippen molar-refractivity contribution in [2.45, 2.75) is 25.2 Å². The number of halogens is 3. The summed E-state index contributed by atoms with van der Waals surface area (Å²) in [5.74, 6) is -0.535. The molecule has 1 atom stereocenters. The minimum absolute atomic E-state index is 0.0356. The number of ether oxygens (including phenoxy) is 1. The third-order valence-electron chi connectivity index (χ3n) is 7.77. The van der Waals surface area contributed by atoms with Crippen molar-refractivity contribution in [2.24, 2.45) is 0 Å². The maximum Gasteiger partial charge on any atom is 0.141 e. The van der Waals surface area contributed by atoms with Gasteiger partial charge in [-0.05, 0) is 47.0 Å². The van der Waals surface area contributed by atoms with Crippen molar-refractivity contribution < 1.29 is 9.13 Å². The van der Waals surface area contributed by atoms with Gasteiger partial charge >= 0.3 is 0 Å². The van der Waals surface area contributed by atoms with E-state index < -0.39 is 5.82 Å². The van der Waals surface area contributed by atoms with Crippen molar-refractivity contribution in [1.82, 2.24) is 25.3 Å². The summed E-state index contributed by atoms with van der Waals surface area (Å²) in [4.78, 5) is 6.89. The van der Waals surface area contributed by atoms with E-state index in [1.807, 2.05) is 6.07 Å². The van der Waals surface area contributed by atoms with E-state index in [0.717, 1.165) is 31.9 Å². The minimum atomic E-state index is -0.535. The highest BCUT2D eigenvalue weighted by Gasteiger charge is 2.33. The zero-order valence-corrected chi connectivity index (χ0v) is 23.5. The van der Waals surface area contributed by atoms with Gasteiger partial charge in [-0.2, -0.15) is 5.26 Å². The van der Waals surface area contributed by atoms with Crippen LogP contribution in [0.4, 0.5) is 21.5 Å². The average molecular weight is 601 g/mol. The van der Waals surface area contributed by atoms with Crippen molar-refractivity contribution in [3.63, 3.8) is 0 Å². The van der Waals surface area contributed by atoms with Gasteiger partial charge in [-0.1, -0.05) is 46.6 Å². The number of nitrogens with one attached hydrogen (secondary N) is 3. The van der Waals surface area contributed by atoms with E-state index in [2.05, 4.69) is 60.2 Å². The van der Waals surface area contributed by atoms with E-state index in [-0.39, 0.29) is 11.1 Å². The van der Waals surface area contributed by atoms with E-state index in [0.29, 0.717) is 50.3 Å². The number of aromatic nitrogens is 4. The van der Waals surface area contributed by atoms with Gasteiger partial charge in [0.05, 0.1) is 52.1 Å². The van der Waals surface area contributed by atoms with Gasteiger partial charge in [0.2, 0.25) is 0 Å². The molecule has 4 heterocycles. The number of hydrogen-bond donors (Lipinski definition) is 3. The smallest absolute Gasteiger partial charge is 0.141 e. The van der Waals surface area contributed by atoms with Crippen LogP contribution in [0.5, 0.6) is 0 Å². The first kappa shape index (κ1) is 26.6. The summed E-state index contributed by atoms with van der Waals surface area (Å²) < 4.78 is 19.3. The summed E-state index contributed by atoms with van der Waals surface area (Å²) in [7, 11) is 0. The Morgan fingerprint density at radius 3 is 2.69 bits per heavy atom. The predicted molar refractivity (Wildman–Crippen MR) is 158 cm³/mol.